The van der Waals surface area contributed by atoms with Crippen molar-refractivity contribution in [2.75, 3.05) is 6.54 Å². The molecule has 0 bridgehead atoms. The van der Waals surface area contributed by atoms with Crippen molar-refractivity contribution in [3.63, 3.8) is 0 Å². The second-order valence-corrected chi connectivity index (χ2v) is 3.09. The van der Waals surface area contributed by atoms with E-state index >= 15 is 0 Å². The summed E-state index contributed by atoms with van der Waals surface area (Å²) in [6, 6.07) is 6.81. The summed E-state index contributed by atoms with van der Waals surface area (Å²) in [6.45, 7) is 0.673. The van der Waals surface area contributed by atoms with Gasteiger partial charge >= 0.3 is 5.97 Å². The molecule has 0 aromatic heterocycles. The van der Waals surface area contributed by atoms with Crippen molar-refractivity contribution >= 4 is 11.8 Å². The van der Waals surface area contributed by atoms with Gasteiger partial charge in [0.2, 0.25) is 0 Å². The Bertz CT molecular complexity index is 450. The van der Waals surface area contributed by atoms with Crippen LogP contribution in [-0.2, 0) is 0 Å². The van der Waals surface area contributed by atoms with Crippen molar-refractivity contribution in [2.45, 2.75) is 0 Å². The molecule has 1 aromatic rings. The van der Waals surface area contributed by atoms with Crippen LogP contribution in [0.1, 0.15) is 15.9 Å². The van der Waals surface area contributed by atoms with Crippen molar-refractivity contribution in [1.29, 1.82) is 0 Å². The molecule has 4 heteroatoms. The van der Waals surface area contributed by atoms with E-state index in [9.17, 15) is 4.79 Å². The quantitative estimate of drug-likeness (QED) is 0.758. The molecule has 0 atom stereocenters. The summed E-state index contributed by atoms with van der Waals surface area (Å²) in [5.74, 6) is -0.333. The predicted molar refractivity (Wildman–Crippen MR) is 57.1 cm³/mol. The Morgan fingerprint density at radius 3 is 2.87 bits per heavy atom. The Kier molecular flexibility index (Phi) is 2.49. The summed E-state index contributed by atoms with van der Waals surface area (Å²) < 4.78 is 0. The van der Waals surface area contributed by atoms with E-state index in [1.54, 1.807) is 30.5 Å². The lowest BCUT2D eigenvalue weighted by Gasteiger charge is -2.12. The molecule has 0 saturated heterocycles. The lowest BCUT2D eigenvalue weighted by Crippen LogP contribution is -2.28. The number of aliphatic imine (C=N–C) groups is 1. The molecule has 0 aliphatic carbocycles. The van der Waals surface area contributed by atoms with E-state index in [1.807, 2.05) is 6.08 Å². The zero-order valence-corrected chi connectivity index (χ0v) is 7.97. The number of carboxylic acids is 1. The van der Waals surface area contributed by atoms with E-state index in [4.69, 9.17) is 5.11 Å². The van der Waals surface area contributed by atoms with Gasteiger partial charge in [-0.3, -0.25) is 0 Å². The second-order valence-electron chi connectivity index (χ2n) is 3.09. The van der Waals surface area contributed by atoms with Crippen LogP contribution in [0.2, 0.25) is 0 Å². The zero-order valence-electron chi connectivity index (χ0n) is 7.97. The van der Waals surface area contributed by atoms with Crippen LogP contribution in [0, 0.1) is 0 Å². The van der Waals surface area contributed by atoms with Crippen molar-refractivity contribution in [1.82, 2.24) is 5.32 Å². The van der Waals surface area contributed by atoms with Gasteiger partial charge in [0.05, 0.1) is 5.56 Å². The first kappa shape index (κ1) is 9.45. The Balaban J connectivity index is 2.47. The van der Waals surface area contributed by atoms with Crippen molar-refractivity contribution in [3.8, 4) is 0 Å². The highest BCUT2D eigenvalue weighted by atomic mass is 16.4. The van der Waals surface area contributed by atoms with Crippen molar-refractivity contribution in [3.05, 3.63) is 47.7 Å². The first-order valence-electron chi connectivity index (χ1n) is 4.58. The zero-order chi connectivity index (χ0) is 10.7. The van der Waals surface area contributed by atoms with Gasteiger partial charge in [-0.15, -0.1) is 0 Å². The minimum absolute atomic E-state index is 0.263. The van der Waals surface area contributed by atoms with Crippen LogP contribution in [0.3, 0.4) is 0 Å². The Morgan fingerprint density at radius 1 is 1.40 bits per heavy atom. The normalized spacial score (nSPS) is 14.3. The molecular weight excluding hydrogens is 192 g/mol. The van der Waals surface area contributed by atoms with Gasteiger partial charge in [0.15, 0.2) is 0 Å². The topological polar surface area (TPSA) is 61.7 Å². The second kappa shape index (κ2) is 3.96. The maximum Gasteiger partial charge on any atom is 0.336 e. The van der Waals surface area contributed by atoms with Gasteiger partial charge in [-0.25, -0.2) is 9.79 Å². The summed E-state index contributed by atoms with van der Waals surface area (Å²) in [5, 5.41) is 12.0. The number of carbonyl (C=O) groups is 1. The highest BCUT2D eigenvalue weighted by molar-refractivity contribution is 6.07. The molecule has 4 nitrogen and oxygen atoms in total. The van der Waals surface area contributed by atoms with E-state index in [-0.39, 0.29) is 5.56 Å². The monoisotopic (exact) mass is 202 g/mol. The smallest absolute Gasteiger partial charge is 0.336 e. The first-order valence-corrected chi connectivity index (χ1v) is 4.58. The SMILES string of the molecule is O=C(O)c1ccccc1C1=NC=CCN1. The third-order valence-corrected chi connectivity index (χ3v) is 2.11. The minimum Gasteiger partial charge on any atom is -0.478 e. The number of hydrogen-bond acceptors (Lipinski definition) is 3. The molecular formula is C11H10N2O2. The molecule has 1 aromatic carbocycles. The lowest BCUT2D eigenvalue weighted by molar-refractivity contribution is 0.0696. The molecule has 0 fully saturated rings. The van der Waals surface area contributed by atoms with Crippen LogP contribution in [0.25, 0.3) is 0 Å². The Morgan fingerprint density at radius 2 is 2.20 bits per heavy atom. The maximum atomic E-state index is 11.0. The highest BCUT2D eigenvalue weighted by Crippen LogP contribution is 2.10. The molecule has 0 saturated carbocycles. The largest absolute Gasteiger partial charge is 0.478 e. The summed E-state index contributed by atoms with van der Waals surface area (Å²) >= 11 is 0. The average Bonchev–Trinajstić information content (AvgIpc) is 2.30. The van der Waals surface area contributed by atoms with Gasteiger partial charge < -0.3 is 10.4 Å². The lowest BCUT2D eigenvalue weighted by atomic mass is 10.1. The molecule has 76 valence electrons. The molecule has 1 aliphatic heterocycles. The number of nitrogens with zero attached hydrogens (tertiary/aromatic N) is 1. The fourth-order valence-corrected chi connectivity index (χ4v) is 1.42. The highest BCUT2D eigenvalue weighted by Gasteiger charge is 2.13. The van der Waals surface area contributed by atoms with Crippen LogP contribution < -0.4 is 5.32 Å². The molecule has 1 heterocycles. The van der Waals surface area contributed by atoms with Crippen LogP contribution in [0.15, 0.2) is 41.5 Å². The Labute approximate surface area is 87.0 Å². The van der Waals surface area contributed by atoms with Crippen molar-refractivity contribution < 1.29 is 9.90 Å². The summed E-state index contributed by atoms with van der Waals surface area (Å²) in [6.07, 6.45) is 3.54. The summed E-state index contributed by atoms with van der Waals surface area (Å²) in [4.78, 5) is 15.1. The van der Waals surface area contributed by atoms with Crippen LogP contribution in [0.4, 0.5) is 0 Å². The molecule has 2 N–H and O–H groups in total. The van der Waals surface area contributed by atoms with E-state index in [2.05, 4.69) is 10.3 Å². The van der Waals surface area contributed by atoms with Gasteiger partial charge in [-0.2, -0.15) is 0 Å². The minimum atomic E-state index is -0.940. The van der Waals surface area contributed by atoms with Crippen LogP contribution in [-0.4, -0.2) is 23.5 Å². The molecule has 1 aliphatic rings. The third-order valence-electron chi connectivity index (χ3n) is 2.11. The van der Waals surface area contributed by atoms with Gasteiger partial charge in [0.25, 0.3) is 0 Å². The standard InChI is InChI=1S/C11H10N2O2/c14-11(15)9-5-2-1-4-8(9)10-12-6-3-7-13-10/h1-6H,7H2,(H,12,13)(H,14,15). The van der Waals surface area contributed by atoms with E-state index < -0.39 is 5.97 Å². The number of aromatic carboxylic acids is 1. The fourth-order valence-electron chi connectivity index (χ4n) is 1.42. The Hall–Kier alpha value is -2.10. The molecule has 0 spiro atoms. The van der Waals surface area contributed by atoms with Crippen LogP contribution >= 0.6 is 0 Å². The van der Waals surface area contributed by atoms with Gasteiger partial charge in [-0.05, 0) is 12.1 Å². The number of nitrogens with one attached hydrogen (secondary N) is 1. The van der Waals surface area contributed by atoms with E-state index in [0.717, 1.165) is 0 Å². The summed E-state index contributed by atoms with van der Waals surface area (Å²) in [7, 11) is 0. The molecule has 0 unspecified atom stereocenters. The fraction of sp³-hybridized carbons (Fsp3) is 0.0909. The predicted octanol–water partition coefficient (Wildman–Crippen LogP) is 1.25. The van der Waals surface area contributed by atoms with E-state index in [0.29, 0.717) is 17.9 Å². The number of carboxylic acid groups (broad SMARTS) is 1. The number of amidine groups is 1. The number of hydrogen-bond donors (Lipinski definition) is 2. The molecule has 2 rings (SSSR count). The number of benzene rings is 1. The van der Waals surface area contributed by atoms with Gasteiger partial charge in [0, 0.05) is 18.3 Å². The van der Waals surface area contributed by atoms with Crippen LogP contribution in [0.5, 0.6) is 0 Å². The van der Waals surface area contributed by atoms with Crippen molar-refractivity contribution in [2.24, 2.45) is 4.99 Å². The third kappa shape index (κ3) is 1.88. The maximum absolute atomic E-state index is 11.0. The molecule has 0 amide bonds. The first-order chi connectivity index (χ1) is 7.29. The molecule has 15 heavy (non-hydrogen) atoms. The summed E-state index contributed by atoms with van der Waals surface area (Å²) in [5.41, 5.74) is 0.883. The average molecular weight is 202 g/mol. The van der Waals surface area contributed by atoms with Gasteiger partial charge in [-0.1, -0.05) is 18.2 Å². The molecule has 0 radical (unpaired) electrons. The number of rotatable bonds is 2. The van der Waals surface area contributed by atoms with Gasteiger partial charge in [0.1, 0.15) is 5.84 Å². The van der Waals surface area contributed by atoms with E-state index in [1.165, 1.54) is 0 Å².